The van der Waals surface area contributed by atoms with Crippen LogP contribution in [0.1, 0.15) is 5.56 Å². The highest BCUT2D eigenvalue weighted by atomic mass is 32.2. The van der Waals surface area contributed by atoms with Gasteiger partial charge < -0.3 is 0 Å². The number of aromatic nitrogens is 3. The number of hydrogen-bond donors (Lipinski definition) is 1. The van der Waals surface area contributed by atoms with E-state index in [4.69, 9.17) is 0 Å². The van der Waals surface area contributed by atoms with Crippen molar-refractivity contribution in [1.29, 1.82) is 0 Å². The molecule has 9 heteroatoms. The fourth-order valence-corrected chi connectivity index (χ4v) is 3.37. The van der Waals surface area contributed by atoms with Gasteiger partial charge in [0.1, 0.15) is 11.5 Å². The van der Waals surface area contributed by atoms with Crippen LogP contribution in [0, 0.1) is 5.82 Å². The molecule has 0 aliphatic carbocycles. The molecule has 2 heterocycles. The first-order valence-corrected chi connectivity index (χ1v) is 8.96. The number of thioether (sulfide) groups is 1. The van der Waals surface area contributed by atoms with Gasteiger partial charge in [0.25, 0.3) is 5.91 Å². The van der Waals surface area contributed by atoms with Crippen LogP contribution in [-0.2, 0) is 4.79 Å². The third-order valence-electron chi connectivity index (χ3n) is 2.89. The summed E-state index contributed by atoms with van der Waals surface area (Å²) in [5.41, 5.74) is 3.86. The van der Waals surface area contributed by atoms with Gasteiger partial charge in [-0.2, -0.15) is 5.10 Å². The van der Waals surface area contributed by atoms with E-state index in [9.17, 15) is 9.18 Å². The summed E-state index contributed by atoms with van der Waals surface area (Å²) < 4.78 is 13.5. The second kappa shape index (κ2) is 8.45. The van der Waals surface area contributed by atoms with E-state index in [0.29, 0.717) is 14.9 Å². The number of pyridine rings is 1. The lowest BCUT2D eigenvalue weighted by atomic mass is 10.2. The molecule has 3 aromatic rings. The topological polar surface area (TPSA) is 80.1 Å². The molecule has 0 fully saturated rings. The number of nitrogens with zero attached hydrogens (tertiary/aromatic N) is 4. The summed E-state index contributed by atoms with van der Waals surface area (Å²) in [7, 11) is 0. The van der Waals surface area contributed by atoms with Crippen molar-refractivity contribution in [3.05, 3.63) is 60.0 Å². The summed E-state index contributed by atoms with van der Waals surface area (Å²) in [6, 6.07) is 11.4. The zero-order chi connectivity index (χ0) is 17.5. The average Bonchev–Trinajstić information content (AvgIpc) is 3.11. The van der Waals surface area contributed by atoms with E-state index in [-0.39, 0.29) is 17.5 Å². The van der Waals surface area contributed by atoms with Crippen molar-refractivity contribution in [3.8, 4) is 10.7 Å². The Hall–Kier alpha value is -2.65. The largest absolute Gasteiger partial charge is 0.272 e. The van der Waals surface area contributed by atoms with Crippen molar-refractivity contribution >= 4 is 35.2 Å². The smallest absolute Gasteiger partial charge is 0.250 e. The van der Waals surface area contributed by atoms with Gasteiger partial charge in [0, 0.05) is 6.20 Å². The molecule has 0 saturated heterocycles. The minimum absolute atomic E-state index is 0.164. The fourth-order valence-electron chi connectivity index (χ4n) is 1.75. The summed E-state index contributed by atoms with van der Waals surface area (Å²) in [6.07, 6.45) is 3.14. The lowest BCUT2D eigenvalue weighted by Crippen LogP contribution is -2.19. The monoisotopic (exact) mass is 373 g/mol. The Kier molecular flexibility index (Phi) is 5.81. The molecule has 3 rings (SSSR count). The van der Waals surface area contributed by atoms with Gasteiger partial charge in [0.15, 0.2) is 9.35 Å². The van der Waals surface area contributed by atoms with E-state index in [2.05, 4.69) is 25.7 Å². The van der Waals surface area contributed by atoms with Gasteiger partial charge in [-0.25, -0.2) is 9.82 Å². The average molecular weight is 373 g/mol. The quantitative estimate of drug-likeness (QED) is 0.408. The number of halogens is 1. The SMILES string of the molecule is O=C(CSc1nnc(-c2ccccn2)s1)N/N=C/c1ccc(F)cc1. The maximum atomic E-state index is 12.8. The standard InChI is InChI=1S/C16H12FN5OS2/c17-12-6-4-11(5-7-12)9-19-20-14(23)10-24-16-22-21-15(25-16)13-3-1-2-8-18-13/h1-9H,10H2,(H,20,23)/b19-9+. The van der Waals surface area contributed by atoms with Gasteiger partial charge in [-0.05, 0) is 29.8 Å². The van der Waals surface area contributed by atoms with Crippen molar-refractivity contribution in [2.75, 3.05) is 5.75 Å². The van der Waals surface area contributed by atoms with E-state index in [0.717, 1.165) is 5.69 Å². The Labute approximate surface area is 151 Å². The Balaban J connectivity index is 1.48. The minimum atomic E-state index is -0.320. The van der Waals surface area contributed by atoms with Gasteiger partial charge in [-0.3, -0.25) is 9.78 Å². The van der Waals surface area contributed by atoms with Gasteiger partial charge in [-0.15, -0.1) is 10.2 Å². The third kappa shape index (κ3) is 5.16. The van der Waals surface area contributed by atoms with Gasteiger partial charge in [0.05, 0.1) is 12.0 Å². The number of carbonyl (C=O) groups excluding carboxylic acids is 1. The molecule has 0 atom stereocenters. The van der Waals surface area contributed by atoms with Crippen molar-refractivity contribution < 1.29 is 9.18 Å². The molecule has 0 saturated carbocycles. The molecule has 0 aliphatic heterocycles. The van der Waals surface area contributed by atoms with Crippen LogP contribution in [0.5, 0.6) is 0 Å². The zero-order valence-corrected chi connectivity index (χ0v) is 14.4. The second-order valence-corrected chi connectivity index (χ2v) is 6.92. The van der Waals surface area contributed by atoms with Crippen LogP contribution in [-0.4, -0.2) is 33.1 Å². The molecular formula is C16H12FN5OS2. The number of benzene rings is 1. The first-order chi connectivity index (χ1) is 12.2. The lowest BCUT2D eigenvalue weighted by Gasteiger charge is -1.97. The highest BCUT2D eigenvalue weighted by molar-refractivity contribution is 8.01. The minimum Gasteiger partial charge on any atom is -0.272 e. The number of carbonyl (C=O) groups is 1. The first-order valence-electron chi connectivity index (χ1n) is 7.16. The van der Waals surface area contributed by atoms with Crippen LogP contribution < -0.4 is 5.43 Å². The maximum absolute atomic E-state index is 12.8. The molecule has 0 radical (unpaired) electrons. The molecule has 25 heavy (non-hydrogen) atoms. The van der Waals surface area contributed by atoms with Gasteiger partial charge in [-0.1, -0.05) is 41.3 Å². The van der Waals surface area contributed by atoms with Crippen molar-refractivity contribution in [3.63, 3.8) is 0 Å². The van der Waals surface area contributed by atoms with Crippen LogP contribution in [0.25, 0.3) is 10.7 Å². The van der Waals surface area contributed by atoms with E-state index in [1.165, 1.54) is 41.4 Å². The molecule has 1 aromatic carbocycles. The Bertz CT molecular complexity index is 868. The van der Waals surface area contributed by atoms with Crippen LogP contribution in [0.3, 0.4) is 0 Å². The molecule has 1 amide bonds. The molecule has 126 valence electrons. The van der Waals surface area contributed by atoms with Gasteiger partial charge >= 0.3 is 0 Å². The molecule has 1 N–H and O–H groups in total. The molecule has 0 bridgehead atoms. The van der Waals surface area contributed by atoms with Crippen LogP contribution >= 0.6 is 23.1 Å². The molecule has 0 spiro atoms. The van der Waals surface area contributed by atoms with E-state index in [1.54, 1.807) is 18.3 Å². The van der Waals surface area contributed by atoms with E-state index < -0.39 is 0 Å². The Morgan fingerprint density at radius 3 is 2.84 bits per heavy atom. The highest BCUT2D eigenvalue weighted by Gasteiger charge is 2.09. The predicted octanol–water partition coefficient (Wildman–Crippen LogP) is 2.98. The van der Waals surface area contributed by atoms with Gasteiger partial charge in [0.2, 0.25) is 0 Å². The van der Waals surface area contributed by atoms with Crippen molar-refractivity contribution in [1.82, 2.24) is 20.6 Å². The van der Waals surface area contributed by atoms with Crippen LogP contribution in [0.2, 0.25) is 0 Å². The van der Waals surface area contributed by atoms with Crippen molar-refractivity contribution in [2.45, 2.75) is 4.34 Å². The number of nitrogens with one attached hydrogen (secondary N) is 1. The normalized spacial score (nSPS) is 10.9. The maximum Gasteiger partial charge on any atom is 0.250 e. The Morgan fingerprint density at radius 1 is 1.24 bits per heavy atom. The van der Waals surface area contributed by atoms with E-state index >= 15 is 0 Å². The van der Waals surface area contributed by atoms with E-state index in [1.807, 2.05) is 18.2 Å². The molecule has 0 aliphatic rings. The highest BCUT2D eigenvalue weighted by Crippen LogP contribution is 2.27. The second-order valence-electron chi connectivity index (χ2n) is 4.72. The van der Waals surface area contributed by atoms with Crippen LogP contribution in [0.15, 0.2) is 58.1 Å². The first kappa shape index (κ1) is 17.2. The summed E-state index contributed by atoms with van der Waals surface area (Å²) in [6.45, 7) is 0. The lowest BCUT2D eigenvalue weighted by molar-refractivity contribution is -0.118. The summed E-state index contributed by atoms with van der Waals surface area (Å²) in [5, 5.41) is 12.6. The zero-order valence-electron chi connectivity index (χ0n) is 12.8. The number of amides is 1. The molecule has 6 nitrogen and oxygen atoms in total. The molecule has 2 aromatic heterocycles. The number of hydrogen-bond acceptors (Lipinski definition) is 7. The Morgan fingerprint density at radius 2 is 2.08 bits per heavy atom. The molecule has 0 unspecified atom stereocenters. The molecular weight excluding hydrogens is 361 g/mol. The number of hydrazone groups is 1. The van der Waals surface area contributed by atoms with Crippen LogP contribution in [0.4, 0.5) is 4.39 Å². The summed E-state index contributed by atoms with van der Waals surface area (Å²) >= 11 is 2.65. The number of rotatable bonds is 6. The fraction of sp³-hybridized carbons (Fsp3) is 0.0625. The summed E-state index contributed by atoms with van der Waals surface area (Å²) in [4.78, 5) is 16.0. The predicted molar refractivity (Wildman–Crippen MR) is 96.0 cm³/mol. The third-order valence-corrected chi connectivity index (χ3v) is 4.97. The van der Waals surface area contributed by atoms with Crippen molar-refractivity contribution in [2.24, 2.45) is 5.10 Å². The summed E-state index contributed by atoms with van der Waals surface area (Å²) in [5.74, 6) is -0.421.